The molecule has 0 aliphatic heterocycles. The van der Waals surface area contributed by atoms with Crippen LogP contribution in [0.3, 0.4) is 0 Å². The molecule has 87 heavy (non-hydrogen) atoms. The molecule has 0 bridgehead atoms. The average molecular weight is 1450 g/mol. The third-order valence-electron chi connectivity index (χ3n) is 13.0. The van der Waals surface area contributed by atoms with Gasteiger partial charge in [0.05, 0.1) is 145 Å². The minimum Gasteiger partial charge on any atom is -0.493 e. The van der Waals surface area contributed by atoms with Gasteiger partial charge < -0.3 is 80.5 Å². The zero-order chi connectivity index (χ0) is 61.5. The summed E-state index contributed by atoms with van der Waals surface area (Å²) in [6.07, 6.45) is 1.49. The Bertz CT molecular complexity index is 2720. The Kier molecular flexibility index (Phi) is 35.7. The van der Waals surface area contributed by atoms with E-state index in [-0.39, 0.29) is 11.4 Å². The quantitative estimate of drug-likeness (QED) is 0.0314. The number of halogens is 2. The molecule has 1 N–H and O–H groups in total. The van der Waals surface area contributed by atoms with Crippen LogP contribution < -0.4 is 26.0 Å². The highest BCUT2D eigenvalue weighted by Crippen LogP contribution is 2.25. The van der Waals surface area contributed by atoms with E-state index in [1.807, 2.05) is 24.3 Å². The molecule has 6 rings (SSSR count). The van der Waals surface area contributed by atoms with Crippen LogP contribution in [0.25, 0.3) is 33.3 Å². The molecular weight excluding hydrogens is 1360 g/mol. The van der Waals surface area contributed by atoms with Crippen LogP contribution in [0.4, 0.5) is 0 Å². The molecule has 4 aromatic heterocycles. The molecule has 0 aliphatic carbocycles. The van der Waals surface area contributed by atoms with Crippen LogP contribution in [0.2, 0.25) is 0 Å². The summed E-state index contributed by atoms with van der Waals surface area (Å²) in [7, 11) is 6.57. The number of fused-ring (bicyclic) bond motifs is 2. The smallest absolute Gasteiger partial charge is 0.362 e. The predicted octanol–water partition coefficient (Wildman–Crippen LogP) is 4.42. The van der Waals surface area contributed by atoms with Gasteiger partial charge in [0, 0.05) is 104 Å². The number of ether oxygens (including phenoxy) is 14. The van der Waals surface area contributed by atoms with Gasteiger partial charge in [0.1, 0.15) is 41.5 Å². The first kappa shape index (κ1) is 71.7. The minimum absolute atomic E-state index is 0.211. The molecule has 0 fully saturated rings. The number of nitrogens with one attached hydrogen (secondary N) is 1. The zero-order valence-corrected chi connectivity index (χ0v) is 54.7. The van der Waals surface area contributed by atoms with E-state index in [0.29, 0.717) is 211 Å². The highest BCUT2D eigenvalue weighted by molar-refractivity contribution is 14.1. The van der Waals surface area contributed by atoms with E-state index in [1.165, 1.54) is 9.36 Å². The third kappa shape index (κ3) is 26.5. The molecular formula is C58H85I2N9O18. The lowest BCUT2D eigenvalue weighted by molar-refractivity contribution is 0.00894. The first-order valence-corrected chi connectivity index (χ1v) is 31.2. The summed E-state index contributed by atoms with van der Waals surface area (Å²) < 4.78 is 93.3. The van der Waals surface area contributed by atoms with Crippen molar-refractivity contribution in [3.8, 4) is 22.9 Å². The Balaban J connectivity index is 0.950. The summed E-state index contributed by atoms with van der Waals surface area (Å²) in [4.78, 5) is 31.4. The fourth-order valence-corrected chi connectivity index (χ4v) is 9.63. The van der Waals surface area contributed by atoms with Crippen molar-refractivity contribution in [1.29, 1.82) is 0 Å². The number of rotatable bonds is 52. The Morgan fingerprint density at radius 1 is 0.425 bits per heavy atom. The molecule has 0 radical (unpaired) electrons. The van der Waals surface area contributed by atoms with Crippen LogP contribution in [0.5, 0.6) is 11.5 Å². The van der Waals surface area contributed by atoms with Crippen molar-refractivity contribution in [2.75, 3.05) is 213 Å². The fourth-order valence-electron chi connectivity index (χ4n) is 8.32. The van der Waals surface area contributed by atoms with Gasteiger partial charge in [0.2, 0.25) is 0 Å². The van der Waals surface area contributed by atoms with Gasteiger partial charge >= 0.3 is 11.3 Å². The van der Waals surface area contributed by atoms with Gasteiger partial charge in [0.25, 0.3) is 0 Å². The van der Waals surface area contributed by atoms with Crippen molar-refractivity contribution in [1.82, 2.24) is 45.1 Å². The van der Waals surface area contributed by atoms with E-state index < -0.39 is 11.3 Å². The Morgan fingerprint density at radius 3 is 1.08 bits per heavy atom. The normalized spacial score (nSPS) is 11.9. The van der Waals surface area contributed by atoms with Crippen molar-refractivity contribution in [2.24, 2.45) is 0 Å². The lowest BCUT2D eigenvalue weighted by Gasteiger charge is -2.22. The summed E-state index contributed by atoms with van der Waals surface area (Å²) in [6.45, 7) is 16.4. The first-order valence-electron chi connectivity index (χ1n) is 29.1. The molecule has 27 nitrogen and oxygen atoms in total. The van der Waals surface area contributed by atoms with E-state index in [9.17, 15) is 9.59 Å². The minimum atomic E-state index is -0.581. The molecule has 484 valence electrons. The van der Waals surface area contributed by atoms with Crippen LogP contribution in [-0.4, -0.2) is 253 Å². The summed E-state index contributed by atoms with van der Waals surface area (Å²) in [6, 6.07) is 14.3. The van der Waals surface area contributed by atoms with Crippen molar-refractivity contribution in [3.63, 3.8) is 0 Å². The molecule has 2 aromatic carbocycles. The zero-order valence-electron chi connectivity index (χ0n) is 50.4. The Labute approximate surface area is 534 Å². The molecule has 0 unspecified atom stereocenters. The van der Waals surface area contributed by atoms with Crippen molar-refractivity contribution >= 4 is 67.1 Å². The van der Waals surface area contributed by atoms with Gasteiger partial charge in [-0.2, -0.15) is 9.36 Å². The molecule has 0 saturated heterocycles. The summed E-state index contributed by atoms with van der Waals surface area (Å²) in [5.74, 6) is 1.16. The third-order valence-corrected chi connectivity index (χ3v) is 15.1. The molecule has 4 heterocycles. The largest absolute Gasteiger partial charge is 0.493 e. The number of hydrogen-bond donors (Lipinski definition) is 1. The summed E-state index contributed by atoms with van der Waals surface area (Å²) in [5.41, 5.74) is 1.22. The van der Waals surface area contributed by atoms with E-state index in [2.05, 4.69) is 80.9 Å². The SMILES string of the molecule is COCCOCCOCCN(CCCOc1ccc2cc(-n3nnc(CNCc4nnn(-c5cc6ccc(OCCCN(CCOCCOCCOC)CCOCCOCCOC)cc6oc5=O)c4I)c3I)c(=O)oc2c1)CCOCCOCCOC. The van der Waals surface area contributed by atoms with E-state index in [1.54, 1.807) is 52.7 Å². The van der Waals surface area contributed by atoms with Crippen LogP contribution in [0, 0.1) is 7.40 Å². The van der Waals surface area contributed by atoms with Gasteiger partial charge in [-0.25, -0.2) is 9.59 Å². The van der Waals surface area contributed by atoms with Gasteiger partial charge in [-0.15, -0.1) is 10.2 Å². The van der Waals surface area contributed by atoms with E-state index in [0.717, 1.165) is 52.1 Å². The molecule has 29 heteroatoms. The second kappa shape index (κ2) is 43.3. The Morgan fingerprint density at radius 2 is 0.747 bits per heavy atom. The lowest BCUT2D eigenvalue weighted by atomic mass is 10.2. The van der Waals surface area contributed by atoms with Crippen LogP contribution in [0.15, 0.2) is 67.0 Å². The maximum absolute atomic E-state index is 13.4. The summed E-state index contributed by atoms with van der Waals surface area (Å²) in [5, 5.41) is 22.0. The van der Waals surface area contributed by atoms with Crippen molar-refractivity contribution < 1.29 is 75.2 Å². The van der Waals surface area contributed by atoms with Crippen LogP contribution in [0.1, 0.15) is 24.2 Å². The van der Waals surface area contributed by atoms with Crippen LogP contribution >= 0.6 is 45.2 Å². The number of hydrogen-bond acceptors (Lipinski definition) is 25. The lowest BCUT2D eigenvalue weighted by Crippen LogP contribution is -2.33. The second-order valence-corrected chi connectivity index (χ2v) is 21.3. The molecule has 0 saturated carbocycles. The monoisotopic (exact) mass is 1450 g/mol. The first-order chi connectivity index (χ1) is 42.7. The molecule has 0 spiro atoms. The van der Waals surface area contributed by atoms with Crippen LogP contribution in [-0.2, 0) is 69.9 Å². The standard InChI is InChI=1S/C58H85I2N9O18/c1-72-23-27-80-35-31-76-19-13-66(14-20-77-32-36-81-28-24-73-2)11-5-17-84-47-9-7-45-39-51(57(70)86-53(45)41-47)68-55(59)49(62-64-68)43-61-44-50-56(60)69(65-63-50)52-40-46-8-10-48(42-54(46)87-58(52)71)85-18-6-12-67(15-21-78-33-37-82-29-25-74-3)16-22-79-34-38-83-30-26-75-4/h7-10,39-42,61H,5-6,11-38,43-44H2,1-4H3. The van der Waals surface area contributed by atoms with Gasteiger partial charge in [-0.3, -0.25) is 9.80 Å². The summed E-state index contributed by atoms with van der Waals surface area (Å²) >= 11 is 4.22. The predicted molar refractivity (Wildman–Crippen MR) is 338 cm³/mol. The average Bonchev–Trinajstić information content (AvgIpc) is 2.48. The number of benzene rings is 2. The van der Waals surface area contributed by atoms with Gasteiger partial charge in [0.15, 0.2) is 11.4 Å². The maximum Gasteiger partial charge on any atom is 0.362 e. The van der Waals surface area contributed by atoms with E-state index in [4.69, 9.17) is 75.2 Å². The molecule has 0 atom stereocenters. The maximum atomic E-state index is 13.4. The number of aromatic nitrogens is 6. The molecule has 0 amide bonds. The number of nitrogens with zero attached hydrogens (tertiary/aromatic N) is 8. The Hall–Kier alpha value is -4.40. The highest BCUT2D eigenvalue weighted by atomic mass is 127. The van der Waals surface area contributed by atoms with Crippen molar-refractivity contribution in [3.05, 3.63) is 88.2 Å². The topological polar surface area (TPSA) is 270 Å². The number of methoxy groups -OCH3 is 4. The molecule has 0 aliphatic rings. The molecule has 6 aromatic rings. The fraction of sp³-hybridized carbons (Fsp3) is 0.621. The second-order valence-electron chi connectivity index (χ2n) is 19.3. The van der Waals surface area contributed by atoms with E-state index >= 15 is 0 Å². The highest BCUT2D eigenvalue weighted by Gasteiger charge is 2.20. The van der Waals surface area contributed by atoms with Crippen molar-refractivity contribution in [2.45, 2.75) is 25.9 Å². The van der Waals surface area contributed by atoms with Gasteiger partial charge in [-0.1, -0.05) is 10.4 Å². The van der Waals surface area contributed by atoms with Gasteiger partial charge in [-0.05, 0) is 94.4 Å².